The smallest absolute Gasteiger partial charge is 0.288 e. The number of benzene rings is 2. The average Bonchev–Trinajstić information content (AvgIpc) is 3.13. The molecule has 1 aliphatic rings. The van der Waals surface area contributed by atoms with Crippen LogP contribution < -0.4 is 10.5 Å². The van der Waals surface area contributed by atoms with Crippen LogP contribution in [0.5, 0.6) is 0 Å². The summed E-state index contributed by atoms with van der Waals surface area (Å²) in [6.07, 6.45) is 3.52. The summed E-state index contributed by atoms with van der Waals surface area (Å²) in [5.41, 5.74) is 3.80. The minimum atomic E-state index is -2.54. The number of carbonyl (C=O) groups is 1. The largest absolute Gasteiger partial charge is 0.337 e. The summed E-state index contributed by atoms with van der Waals surface area (Å²) in [5, 5.41) is 0.547. The summed E-state index contributed by atoms with van der Waals surface area (Å²) in [5.74, 6) is -1.86. The fourth-order valence-corrected chi connectivity index (χ4v) is 5.87. The molecule has 1 atom stereocenters. The zero-order valence-electron chi connectivity index (χ0n) is 22.3. The van der Waals surface area contributed by atoms with Crippen molar-refractivity contribution in [1.82, 2.24) is 24.2 Å². The Morgan fingerprint density at radius 2 is 1.85 bits per heavy atom. The number of aromatic nitrogens is 4. The fourth-order valence-electron chi connectivity index (χ4n) is 5.14. The maximum absolute atomic E-state index is 13.2. The third kappa shape index (κ3) is 5.40. The van der Waals surface area contributed by atoms with Crippen molar-refractivity contribution in [2.75, 3.05) is 24.5 Å². The van der Waals surface area contributed by atoms with Crippen LogP contribution in [0, 0.1) is 6.92 Å². The van der Waals surface area contributed by atoms with E-state index in [2.05, 4.69) is 14.9 Å². The summed E-state index contributed by atoms with van der Waals surface area (Å²) < 4.78 is 29.8. The van der Waals surface area contributed by atoms with E-state index in [0.29, 0.717) is 53.1 Å². The first kappa shape index (κ1) is 26.9. The van der Waals surface area contributed by atoms with E-state index in [1.807, 2.05) is 47.7 Å². The van der Waals surface area contributed by atoms with Crippen molar-refractivity contribution >= 4 is 34.5 Å². The third-order valence-electron chi connectivity index (χ3n) is 7.21. The monoisotopic (exact) mass is 552 g/mol. The Balaban J connectivity index is 1.45. The zero-order valence-corrected chi connectivity index (χ0v) is 23.1. The molecule has 3 heterocycles. The van der Waals surface area contributed by atoms with Crippen LogP contribution in [-0.2, 0) is 18.4 Å². The molecule has 1 saturated heterocycles. The van der Waals surface area contributed by atoms with Gasteiger partial charge in [-0.2, -0.15) is 8.78 Å². The Kier molecular flexibility index (Phi) is 7.44. The lowest BCUT2D eigenvalue weighted by atomic mass is 10.1. The maximum atomic E-state index is 13.2. The molecule has 1 fully saturated rings. The van der Waals surface area contributed by atoms with E-state index < -0.39 is 5.76 Å². The second kappa shape index (κ2) is 10.8. The van der Waals surface area contributed by atoms with Crippen molar-refractivity contribution in [2.24, 2.45) is 7.05 Å². The second-order valence-electron chi connectivity index (χ2n) is 9.89. The number of rotatable bonds is 6. The van der Waals surface area contributed by atoms with E-state index in [9.17, 15) is 18.4 Å². The zero-order chi connectivity index (χ0) is 27.8. The van der Waals surface area contributed by atoms with Gasteiger partial charge in [0.2, 0.25) is 11.9 Å². The molecule has 4 aromatic rings. The van der Waals surface area contributed by atoms with Gasteiger partial charge in [0.25, 0.3) is 11.3 Å². The van der Waals surface area contributed by atoms with Crippen molar-refractivity contribution in [2.45, 2.75) is 44.0 Å². The Morgan fingerprint density at radius 1 is 1.10 bits per heavy atom. The van der Waals surface area contributed by atoms with E-state index in [1.54, 1.807) is 38.5 Å². The highest BCUT2D eigenvalue weighted by molar-refractivity contribution is 7.99. The summed E-state index contributed by atoms with van der Waals surface area (Å²) in [6.45, 7) is 7.69. The summed E-state index contributed by atoms with van der Waals surface area (Å²) in [7, 11) is 1.68. The van der Waals surface area contributed by atoms with Crippen LogP contribution in [0.3, 0.4) is 0 Å². The van der Waals surface area contributed by atoms with Gasteiger partial charge in [-0.25, -0.2) is 9.97 Å². The summed E-state index contributed by atoms with van der Waals surface area (Å²) >= 11 is 0.517. The number of nitrogens with zero attached hydrogens (tertiary/aromatic N) is 6. The Hall–Kier alpha value is -3.73. The number of aryl methyl sites for hydroxylation is 1. The molecule has 11 heteroatoms. The predicted octanol–water partition coefficient (Wildman–Crippen LogP) is 4.53. The minimum absolute atomic E-state index is 0.0691. The molecule has 0 bridgehead atoms. The number of hydrogen-bond donors (Lipinski definition) is 0. The van der Waals surface area contributed by atoms with E-state index >= 15 is 0 Å². The van der Waals surface area contributed by atoms with Gasteiger partial charge >= 0.3 is 0 Å². The van der Waals surface area contributed by atoms with Crippen LogP contribution in [0.4, 0.5) is 14.7 Å². The number of carbonyl (C=O) groups excluding carboxylic acids is 1. The highest BCUT2D eigenvalue weighted by atomic mass is 32.2. The molecule has 0 N–H and O–H groups in total. The van der Waals surface area contributed by atoms with Crippen molar-refractivity contribution < 1.29 is 13.6 Å². The van der Waals surface area contributed by atoms with Gasteiger partial charge in [-0.05, 0) is 48.7 Å². The number of hydrogen-bond acceptors (Lipinski definition) is 6. The van der Waals surface area contributed by atoms with Gasteiger partial charge in [0.05, 0.1) is 17.4 Å². The number of amides is 1. The second-order valence-corrected chi connectivity index (χ2v) is 10.9. The van der Waals surface area contributed by atoms with Crippen LogP contribution in [0.1, 0.15) is 25.0 Å². The Labute approximate surface area is 229 Å². The molecule has 204 valence electrons. The van der Waals surface area contributed by atoms with Crippen molar-refractivity contribution in [1.29, 1.82) is 0 Å². The van der Waals surface area contributed by atoms with Gasteiger partial charge in [0.1, 0.15) is 0 Å². The molecule has 2 aromatic carbocycles. The number of anilines is 1. The predicted molar refractivity (Wildman–Crippen MR) is 149 cm³/mol. The Bertz CT molecular complexity index is 1580. The number of thioether (sulfide) groups is 1. The molecule has 0 spiro atoms. The van der Waals surface area contributed by atoms with Crippen LogP contribution in [0.25, 0.3) is 22.0 Å². The molecule has 5 rings (SSSR count). The Morgan fingerprint density at radius 3 is 2.51 bits per heavy atom. The van der Waals surface area contributed by atoms with Gasteiger partial charge in [-0.3, -0.25) is 19.0 Å². The summed E-state index contributed by atoms with van der Waals surface area (Å²) in [4.78, 5) is 38.4. The lowest BCUT2D eigenvalue weighted by Gasteiger charge is -2.39. The van der Waals surface area contributed by atoms with E-state index in [0.717, 1.165) is 22.3 Å². The van der Waals surface area contributed by atoms with Gasteiger partial charge in [0, 0.05) is 62.5 Å². The topological polar surface area (TPSA) is 76.3 Å². The van der Waals surface area contributed by atoms with Crippen molar-refractivity contribution in [3.63, 3.8) is 0 Å². The maximum Gasteiger partial charge on any atom is 0.288 e. The normalized spacial score (nSPS) is 15.9. The SMILES string of the molecule is CC(=O)N1CCN(c2ncc(-c3ccc4c(=O)n(C)n(Cc5ccc(C)cc5SC(F)F)c4c3)cn2)CC1C. The highest BCUT2D eigenvalue weighted by Crippen LogP contribution is 2.31. The third-order valence-corrected chi connectivity index (χ3v) is 8.02. The standard InChI is InChI=1S/C28H30F2N6O2S/c1-17-5-6-21(25(11-17)39-27(29)30)16-36-24-12-20(7-8-23(24)26(38)33(36)4)22-13-31-28(32-14-22)34-9-10-35(19(3)37)18(2)15-34/h5-8,11-14,18,27H,9-10,15-16H2,1-4H3. The van der Waals surface area contributed by atoms with Crippen LogP contribution >= 0.6 is 11.8 Å². The first-order valence-electron chi connectivity index (χ1n) is 12.7. The number of fused-ring (bicyclic) bond motifs is 1. The number of alkyl halides is 2. The molecule has 8 nitrogen and oxygen atoms in total. The van der Waals surface area contributed by atoms with Crippen molar-refractivity contribution in [3.05, 3.63) is 70.3 Å². The van der Waals surface area contributed by atoms with Gasteiger partial charge < -0.3 is 9.80 Å². The van der Waals surface area contributed by atoms with Crippen molar-refractivity contribution in [3.8, 4) is 11.1 Å². The molecular weight excluding hydrogens is 522 g/mol. The van der Waals surface area contributed by atoms with Crippen LogP contribution in [0.15, 0.2) is 58.5 Å². The fraction of sp³-hybridized carbons (Fsp3) is 0.357. The highest BCUT2D eigenvalue weighted by Gasteiger charge is 2.26. The van der Waals surface area contributed by atoms with Gasteiger partial charge in [-0.15, -0.1) is 0 Å². The molecular formula is C28H30F2N6O2S. The minimum Gasteiger partial charge on any atom is -0.337 e. The lowest BCUT2D eigenvalue weighted by Crippen LogP contribution is -2.53. The molecule has 0 radical (unpaired) electrons. The number of piperazine rings is 1. The molecule has 2 aromatic heterocycles. The first-order valence-corrected chi connectivity index (χ1v) is 13.6. The van der Waals surface area contributed by atoms with Gasteiger partial charge in [-0.1, -0.05) is 30.0 Å². The first-order chi connectivity index (χ1) is 18.6. The van der Waals surface area contributed by atoms with Crippen LogP contribution in [-0.4, -0.2) is 61.6 Å². The molecule has 39 heavy (non-hydrogen) atoms. The number of halogens is 2. The van der Waals surface area contributed by atoms with E-state index in [4.69, 9.17) is 0 Å². The lowest BCUT2D eigenvalue weighted by molar-refractivity contribution is -0.131. The molecule has 1 amide bonds. The van der Waals surface area contributed by atoms with E-state index in [-0.39, 0.29) is 24.1 Å². The van der Waals surface area contributed by atoms with Crippen LogP contribution in [0.2, 0.25) is 0 Å². The molecule has 1 aliphatic heterocycles. The summed E-state index contributed by atoms with van der Waals surface area (Å²) in [6, 6.07) is 11.1. The molecule has 0 aliphatic carbocycles. The van der Waals surface area contributed by atoms with Gasteiger partial charge in [0.15, 0.2) is 0 Å². The average molecular weight is 553 g/mol. The quantitative estimate of drug-likeness (QED) is 0.328. The van der Waals surface area contributed by atoms with E-state index in [1.165, 1.54) is 4.68 Å². The molecule has 1 unspecified atom stereocenters. The molecule has 0 saturated carbocycles.